The SMILES string of the molecule is CN(C)CCc1cc(=O)c(OCc2ccccc2)c[nH]1. The molecule has 0 atom stereocenters. The van der Waals surface area contributed by atoms with Gasteiger partial charge >= 0.3 is 0 Å². The van der Waals surface area contributed by atoms with Crippen molar-refractivity contribution in [3.63, 3.8) is 0 Å². The van der Waals surface area contributed by atoms with Gasteiger partial charge in [-0.25, -0.2) is 0 Å². The van der Waals surface area contributed by atoms with Crippen molar-refractivity contribution in [1.82, 2.24) is 9.88 Å². The number of likely N-dealkylation sites (N-methyl/N-ethyl adjacent to an activating group) is 1. The summed E-state index contributed by atoms with van der Waals surface area (Å²) in [7, 11) is 4.02. The summed E-state index contributed by atoms with van der Waals surface area (Å²) < 4.78 is 5.55. The zero-order valence-corrected chi connectivity index (χ0v) is 11.9. The molecule has 0 spiro atoms. The molecule has 4 heteroatoms. The molecule has 1 aromatic carbocycles. The summed E-state index contributed by atoms with van der Waals surface area (Å²) in [6.07, 6.45) is 2.47. The van der Waals surface area contributed by atoms with Crippen LogP contribution in [0.5, 0.6) is 5.75 Å². The number of nitrogens with one attached hydrogen (secondary N) is 1. The monoisotopic (exact) mass is 272 g/mol. The van der Waals surface area contributed by atoms with Crippen LogP contribution in [0.1, 0.15) is 11.3 Å². The van der Waals surface area contributed by atoms with E-state index in [4.69, 9.17) is 4.74 Å². The molecule has 4 nitrogen and oxygen atoms in total. The number of aromatic amines is 1. The lowest BCUT2D eigenvalue weighted by molar-refractivity contribution is 0.302. The van der Waals surface area contributed by atoms with Crippen molar-refractivity contribution in [3.05, 3.63) is 64.1 Å². The first-order valence-corrected chi connectivity index (χ1v) is 6.68. The van der Waals surface area contributed by atoms with E-state index in [1.807, 2.05) is 44.4 Å². The minimum Gasteiger partial charge on any atom is -0.483 e. The van der Waals surface area contributed by atoms with Crippen LogP contribution in [-0.4, -0.2) is 30.5 Å². The molecule has 0 aliphatic rings. The minimum absolute atomic E-state index is 0.0755. The Morgan fingerprint density at radius 3 is 2.60 bits per heavy atom. The van der Waals surface area contributed by atoms with Crippen LogP contribution in [-0.2, 0) is 13.0 Å². The molecular formula is C16H20N2O2. The molecular weight excluding hydrogens is 252 g/mol. The predicted molar refractivity (Wildman–Crippen MR) is 80.1 cm³/mol. The molecule has 106 valence electrons. The summed E-state index contributed by atoms with van der Waals surface area (Å²) in [5, 5.41) is 0. The fourth-order valence-corrected chi connectivity index (χ4v) is 1.84. The van der Waals surface area contributed by atoms with Gasteiger partial charge in [-0.1, -0.05) is 30.3 Å². The smallest absolute Gasteiger partial charge is 0.223 e. The Morgan fingerprint density at radius 2 is 1.95 bits per heavy atom. The topological polar surface area (TPSA) is 45.3 Å². The molecule has 0 bridgehead atoms. The van der Waals surface area contributed by atoms with Gasteiger partial charge in [0, 0.05) is 30.9 Å². The standard InChI is InChI=1S/C16H20N2O2/c1-18(2)9-8-14-10-15(19)16(11-17-14)20-12-13-6-4-3-5-7-13/h3-7,10-11H,8-9,12H2,1-2H3,(H,17,19). The van der Waals surface area contributed by atoms with Gasteiger partial charge in [-0.3, -0.25) is 4.79 Å². The van der Waals surface area contributed by atoms with Crippen LogP contribution in [0.3, 0.4) is 0 Å². The number of hydrogen-bond acceptors (Lipinski definition) is 3. The second-order valence-electron chi connectivity index (χ2n) is 5.01. The van der Waals surface area contributed by atoms with Gasteiger partial charge in [-0.05, 0) is 19.7 Å². The van der Waals surface area contributed by atoms with E-state index in [0.29, 0.717) is 12.4 Å². The fourth-order valence-electron chi connectivity index (χ4n) is 1.84. The van der Waals surface area contributed by atoms with Crippen molar-refractivity contribution in [1.29, 1.82) is 0 Å². The minimum atomic E-state index is -0.0755. The first kappa shape index (κ1) is 14.3. The first-order chi connectivity index (χ1) is 9.65. The Kier molecular flexibility index (Phi) is 4.96. The third kappa shape index (κ3) is 4.24. The highest BCUT2D eigenvalue weighted by molar-refractivity contribution is 5.22. The van der Waals surface area contributed by atoms with Crippen LogP contribution in [0.25, 0.3) is 0 Å². The molecule has 0 aliphatic carbocycles. The molecule has 0 aliphatic heterocycles. The van der Waals surface area contributed by atoms with Crippen LogP contribution < -0.4 is 10.2 Å². The summed E-state index contributed by atoms with van der Waals surface area (Å²) in [6.45, 7) is 1.31. The average Bonchev–Trinajstić information content (AvgIpc) is 2.45. The maximum absolute atomic E-state index is 11.9. The van der Waals surface area contributed by atoms with Crippen LogP contribution in [0.4, 0.5) is 0 Å². The van der Waals surface area contributed by atoms with Crippen LogP contribution in [0, 0.1) is 0 Å². The molecule has 2 rings (SSSR count). The van der Waals surface area contributed by atoms with Gasteiger partial charge in [-0.15, -0.1) is 0 Å². The zero-order chi connectivity index (χ0) is 14.4. The largest absolute Gasteiger partial charge is 0.483 e. The number of aromatic nitrogens is 1. The molecule has 0 amide bonds. The van der Waals surface area contributed by atoms with Crippen molar-refractivity contribution >= 4 is 0 Å². The van der Waals surface area contributed by atoms with E-state index < -0.39 is 0 Å². The van der Waals surface area contributed by atoms with Crippen molar-refractivity contribution in [2.75, 3.05) is 20.6 Å². The third-order valence-electron chi connectivity index (χ3n) is 3.00. The first-order valence-electron chi connectivity index (χ1n) is 6.68. The maximum atomic E-state index is 11.9. The van der Waals surface area contributed by atoms with Crippen molar-refractivity contribution < 1.29 is 4.74 Å². The Labute approximate surface area is 119 Å². The molecule has 2 aromatic rings. The molecule has 0 saturated heterocycles. The summed E-state index contributed by atoms with van der Waals surface area (Å²) in [6, 6.07) is 11.4. The summed E-state index contributed by atoms with van der Waals surface area (Å²) in [5.74, 6) is 0.363. The fraction of sp³-hybridized carbons (Fsp3) is 0.312. The van der Waals surface area contributed by atoms with E-state index in [2.05, 4.69) is 9.88 Å². The molecule has 0 fully saturated rings. The van der Waals surface area contributed by atoms with Gasteiger partial charge in [0.05, 0.1) is 0 Å². The zero-order valence-electron chi connectivity index (χ0n) is 11.9. The summed E-state index contributed by atoms with van der Waals surface area (Å²) >= 11 is 0. The van der Waals surface area contributed by atoms with Crippen LogP contribution in [0.15, 0.2) is 47.4 Å². The lowest BCUT2D eigenvalue weighted by atomic mass is 10.2. The lowest BCUT2D eigenvalue weighted by Gasteiger charge is -2.10. The summed E-state index contributed by atoms with van der Waals surface area (Å²) in [5.41, 5.74) is 1.90. The number of rotatable bonds is 6. The Morgan fingerprint density at radius 1 is 1.20 bits per heavy atom. The van der Waals surface area contributed by atoms with Crippen LogP contribution in [0.2, 0.25) is 0 Å². The van der Waals surface area contributed by atoms with Crippen LogP contribution >= 0.6 is 0 Å². The van der Waals surface area contributed by atoms with Crippen molar-refractivity contribution in [3.8, 4) is 5.75 Å². The Balaban J connectivity index is 1.97. The highest BCUT2D eigenvalue weighted by atomic mass is 16.5. The second kappa shape index (κ2) is 6.91. The second-order valence-corrected chi connectivity index (χ2v) is 5.01. The molecule has 0 unspecified atom stereocenters. The van der Waals surface area contributed by atoms with Crippen molar-refractivity contribution in [2.45, 2.75) is 13.0 Å². The molecule has 1 aromatic heterocycles. The molecule has 0 saturated carbocycles. The number of benzene rings is 1. The number of hydrogen-bond donors (Lipinski definition) is 1. The number of H-pyrrole nitrogens is 1. The van der Waals surface area contributed by atoms with E-state index in [9.17, 15) is 4.79 Å². The quantitative estimate of drug-likeness (QED) is 0.875. The number of nitrogens with zero attached hydrogens (tertiary/aromatic N) is 1. The number of pyridine rings is 1. The van der Waals surface area contributed by atoms with E-state index in [0.717, 1.165) is 24.2 Å². The van der Waals surface area contributed by atoms with Crippen molar-refractivity contribution in [2.24, 2.45) is 0 Å². The van der Waals surface area contributed by atoms with E-state index in [1.54, 1.807) is 12.3 Å². The Bertz CT molecular complexity index is 591. The van der Waals surface area contributed by atoms with E-state index >= 15 is 0 Å². The summed E-state index contributed by atoms with van der Waals surface area (Å²) in [4.78, 5) is 17.1. The van der Waals surface area contributed by atoms with E-state index in [1.165, 1.54) is 0 Å². The van der Waals surface area contributed by atoms with Gasteiger partial charge in [-0.2, -0.15) is 0 Å². The third-order valence-corrected chi connectivity index (χ3v) is 3.00. The predicted octanol–water partition coefficient (Wildman–Crippen LogP) is 2.06. The Hall–Kier alpha value is -2.07. The van der Waals surface area contributed by atoms with Gasteiger partial charge in [0.15, 0.2) is 5.75 Å². The molecule has 0 radical (unpaired) electrons. The van der Waals surface area contributed by atoms with Gasteiger partial charge in [0.1, 0.15) is 6.61 Å². The van der Waals surface area contributed by atoms with Gasteiger partial charge < -0.3 is 14.6 Å². The van der Waals surface area contributed by atoms with E-state index in [-0.39, 0.29) is 5.43 Å². The van der Waals surface area contributed by atoms with Gasteiger partial charge in [0.25, 0.3) is 0 Å². The maximum Gasteiger partial charge on any atom is 0.223 e. The molecule has 1 N–H and O–H groups in total. The highest BCUT2D eigenvalue weighted by Gasteiger charge is 2.03. The van der Waals surface area contributed by atoms with Gasteiger partial charge in [0.2, 0.25) is 5.43 Å². The normalized spacial score (nSPS) is 10.8. The average molecular weight is 272 g/mol. The lowest BCUT2D eigenvalue weighted by Crippen LogP contribution is -2.17. The number of ether oxygens (including phenoxy) is 1. The molecule has 20 heavy (non-hydrogen) atoms. The molecule has 1 heterocycles. The highest BCUT2D eigenvalue weighted by Crippen LogP contribution is 2.07.